The van der Waals surface area contributed by atoms with Crippen molar-refractivity contribution in [2.45, 2.75) is 234 Å². The van der Waals surface area contributed by atoms with Crippen molar-refractivity contribution in [1.29, 1.82) is 0 Å². The summed E-state index contributed by atoms with van der Waals surface area (Å²) in [7, 11) is 0. The Bertz CT molecular complexity index is 695. The molecule has 4 heteroatoms. The lowest BCUT2D eigenvalue weighted by Gasteiger charge is -2.20. The van der Waals surface area contributed by atoms with Crippen molar-refractivity contribution in [2.75, 3.05) is 13.2 Å². The number of unbranched alkanes of at least 4 members (excludes halogenated alkanes) is 24. The van der Waals surface area contributed by atoms with E-state index < -0.39 is 11.9 Å². The van der Waals surface area contributed by atoms with Crippen LogP contribution in [0.25, 0.3) is 0 Å². The minimum Gasteiger partial charge on any atom is -0.463 e. The summed E-state index contributed by atoms with van der Waals surface area (Å²) in [6.07, 6.45) is 42.4. The van der Waals surface area contributed by atoms with Gasteiger partial charge >= 0.3 is 11.9 Å². The fourth-order valence-corrected chi connectivity index (χ4v) is 7.32. The second kappa shape index (κ2) is 37.4. The summed E-state index contributed by atoms with van der Waals surface area (Å²) < 4.78 is 10.9. The van der Waals surface area contributed by atoms with Crippen LogP contribution in [-0.2, 0) is 19.1 Å². The van der Waals surface area contributed by atoms with E-state index in [4.69, 9.17) is 9.47 Å². The molecule has 0 aliphatic rings. The zero-order valence-corrected chi connectivity index (χ0v) is 34.7. The predicted molar refractivity (Wildman–Crippen MR) is 218 cm³/mol. The first-order valence-corrected chi connectivity index (χ1v) is 22.3. The average molecular weight is 705 g/mol. The molecule has 2 unspecified atom stereocenters. The van der Waals surface area contributed by atoms with Crippen molar-refractivity contribution in [2.24, 2.45) is 23.7 Å². The zero-order chi connectivity index (χ0) is 36.9. The van der Waals surface area contributed by atoms with Gasteiger partial charge in [0.05, 0.1) is 13.2 Å². The Balaban J connectivity index is 3.92. The highest BCUT2D eigenvalue weighted by Crippen LogP contribution is 2.24. The molecule has 50 heavy (non-hydrogen) atoms. The molecule has 0 aliphatic heterocycles. The normalized spacial score (nSPS) is 13.0. The van der Waals surface area contributed by atoms with Crippen molar-refractivity contribution in [3.63, 3.8) is 0 Å². The summed E-state index contributed by atoms with van der Waals surface area (Å²) in [5.41, 5.74) is 0. The molecule has 0 aromatic carbocycles. The van der Waals surface area contributed by atoms with Crippen LogP contribution in [0.3, 0.4) is 0 Å². The fraction of sp³-hybridized carbons (Fsp3) is 0.913. The van der Waals surface area contributed by atoms with Crippen LogP contribution >= 0.6 is 0 Å². The van der Waals surface area contributed by atoms with Crippen LogP contribution in [0.1, 0.15) is 234 Å². The summed E-state index contributed by atoms with van der Waals surface area (Å²) in [6.45, 7) is 14.5. The molecule has 296 valence electrons. The van der Waals surface area contributed by atoms with E-state index in [0.29, 0.717) is 36.9 Å². The van der Waals surface area contributed by atoms with Gasteiger partial charge < -0.3 is 9.47 Å². The maximum atomic E-state index is 12.2. The summed E-state index contributed by atoms with van der Waals surface area (Å²) in [6, 6.07) is 0. The number of carbonyl (C=O) groups is 2. The van der Waals surface area contributed by atoms with Crippen LogP contribution in [0.4, 0.5) is 0 Å². The highest BCUT2D eigenvalue weighted by atomic mass is 16.5. The highest BCUT2D eigenvalue weighted by Gasteiger charge is 2.15. The van der Waals surface area contributed by atoms with Gasteiger partial charge in [0.1, 0.15) is 0 Å². The molecule has 0 radical (unpaired) electrons. The lowest BCUT2D eigenvalue weighted by Crippen LogP contribution is -2.14. The van der Waals surface area contributed by atoms with Gasteiger partial charge in [-0.15, -0.1) is 0 Å². The Morgan fingerprint density at radius 2 is 0.620 bits per heavy atom. The third-order valence-electron chi connectivity index (χ3n) is 11.1. The lowest BCUT2D eigenvalue weighted by atomic mass is 9.87. The first-order valence-electron chi connectivity index (χ1n) is 22.3. The third kappa shape index (κ3) is 33.8. The van der Waals surface area contributed by atoms with Gasteiger partial charge in [-0.2, -0.15) is 0 Å². The lowest BCUT2D eigenvalue weighted by molar-refractivity contribution is -0.141. The molecular formula is C46H88O4. The van der Waals surface area contributed by atoms with Gasteiger partial charge in [0, 0.05) is 12.2 Å². The first-order chi connectivity index (χ1) is 24.3. The van der Waals surface area contributed by atoms with E-state index in [1.165, 1.54) is 192 Å². The summed E-state index contributed by atoms with van der Waals surface area (Å²) >= 11 is 0. The molecule has 0 amide bonds. The molecule has 0 saturated carbocycles. The number of rotatable bonds is 38. The average Bonchev–Trinajstić information content (AvgIpc) is 3.09. The van der Waals surface area contributed by atoms with Crippen LogP contribution in [-0.4, -0.2) is 25.2 Å². The minimum absolute atomic E-state index is 0.411. The standard InChI is InChI=1S/C46H88O4/c1-7-9-11-13-15-17-19-21-23-25-27-29-31-33-43(41(3)4)37-39-49-45(47)35-36-46(48)50-40-38-44(42(5)6)34-32-30-28-26-24-22-20-18-16-14-12-10-8-2/h35-36,41-44H,7-34,37-40H2,1-6H3. The first kappa shape index (κ1) is 48.7. The molecule has 0 bridgehead atoms. The van der Waals surface area contributed by atoms with E-state index in [-0.39, 0.29) is 0 Å². The quantitative estimate of drug-likeness (QED) is 0.0365. The Labute approximate surface area is 313 Å². The zero-order valence-electron chi connectivity index (χ0n) is 34.7. The van der Waals surface area contributed by atoms with Crippen LogP contribution in [0.2, 0.25) is 0 Å². The molecular weight excluding hydrogens is 617 g/mol. The van der Waals surface area contributed by atoms with Gasteiger partial charge in [0.15, 0.2) is 0 Å². The van der Waals surface area contributed by atoms with Crippen LogP contribution in [0, 0.1) is 23.7 Å². The van der Waals surface area contributed by atoms with E-state index in [2.05, 4.69) is 41.5 Å². The van der Waals surface area contributed by atoms with Gasteiger partial charge in [-0.05, 0) is 36.5 Å². The molecule has 0 fully saturated rings. The number of carbonyl (C=O) groups excluding carboxylic acids is 2. The van der Waals surface area contributed by atoms with Crippen molar-refractivity contribution >= 4 is 11.9 Å². The summed E-state index contributed by atoms with van der Waals surface area (Å²) in [5, 5.41) is 0. The van der Waals surface area contributed by atoms with E-state index >= 15 is 0 Å². The van der Waals surface area contributed by atoms with Gasteiger partial charge in [-0.1, -0.05) is 221 Å². The smallest absolute Gasteiger partial charge is 0.331 e. The van der Waals surface area contributed by atoms with Crippen molar-refractivity contribution < 1.29 is 19.1 Å². The van der Waals surface area contributed by atoms with Gasteiger partial charge in [-0.25, -0.2) is 9.59 Å². The highest BCUT2D eigenvalue weighted by molar-refractivity contribution is 5.91. The third-order valence-corrected chi connectivity index (χ3v) is 11.1. The monoisotopic (exact) mass is 705 g/mol. The van der Waals surface area contributed by atoms with Crippen molar-refractivity contribution in [1.82, 2.24) is 0 Å². The Kier molecular flexibility index (Phi) is 36.4. The SMILES string of the molecule is CCCCCCCCCCCCCCCC(CCOC(=O)C=CC(=O)OCCC(CCCCCCCCCCCCCCC)C(C)C)C(C)C. The van der Waals surface area contributed by atoms with Gasteiger partial charge in [-0.3, -0.25) is 0 Å². The summed E-state index contributed by atoms with van der Waals surface area (Å²) in [5.74, 6) is 1.39. The molecule has 0 spiro atoms. The molecule has 0 aromatic heterocycles. The molecule has 0 saturated heterocycles. The second-order valence-electron chi connectivity index (χ2n) is 16.3. The molecule has 0 heterocycles. The van der Waals surface area contributed by atoms with E-state index in [1.807, 2.05) is 0 Å². The van der Waals surface area contributed by atoms with Crippen molar-refractivity contribution in [3.8, 4) is 0 Å². The Hall–Kier alpha value is -1.32. The largest absolute Gasteiger partial charge is 0.463 e. The van der Waals surface area contributed by atoms with Crippen molar-refractivity contribution in [3.05, 3.63) is 12.2 Å². The molecule has 0 aliphatic carbocycles. The number of hydrogen-bond donors (Lipinski definition) is 0. The maximum absolute atomic E-state index is 12.2. The topological polar surface area (TPSA) is 52.6 Å². The second-order valence-corrected chi connectivity index (χ2v) is 16.3. The molecule has 0 rings (SSSR count). The molecule has 0 aromatic rings. The van der Waals surface area contributed by atoms with E-state index in [0.717, 1.165) is 12.8 Å². The van der Waals surface area contributed by atoms with Gasteiger partial charge in [0.25, 0.3) is 0 Å². The maximum Gasteiger partial charge on any atom is 0.331 e. The number of hydrogen-bond acceptors (Lipinski definition) is 4. The predicted octanol–water partition coefficient (Wildman–Crippen LogP) is 14.9. The number of esters is 2. The fourth-order valence-electron chi connectivity index (χ4n) is 7.32. The van der Waals surface area contributed by atoms with Crippen LogP contribution in [0.5, 0.6) is 0 Å². The van der Waals surface area contributed by atoms with Crippen LogP contribution < -0.4 is 0 Å². The van der Waals surface area contributed by atoms with Crippen LogP contribution in [0.15, 0.2) is 12.2 Å². The van der Waals surface area contributed by atoms with Gasteiger partial charge in [0.2, 0.25) is 0 Å². The minimum atomic E-state index is -0.451. The Morgan fingerprint density at radius 1 is 0.380 bits per heavy atom. The summed E-state index contributed by atoms with van der Waals surface area (Å²) in [4.78, 5) is 24.5. The molecule has 0 N–H and O–H groups in total. The molecule has 4 nitrogen and oxygen atoms in total. The Morgan fingerprint density at radius 3 is 0.860 bits per heavy atom. The van der Waals surface area contributed by atoms with E-state index in [1.54, 1.807) is 0 Å². The number of ether oxygens (including phenoxy) is 2. The van der Waals surface area contributed by atoms with E-state index in [9.17, 15) is 9.59 Å². The molecule has 2 atom stereocenters.